The Hall–Kier alpha value is -3.40. The predicted octanol–water partition coefficient (Wildman–Crippen LogP) is 7.55. The molecule has 1 aromatic heterocycles. The Kier molecular flexibility index (Phi) is 7.90. The summed E-state index contributed by atoms with van der Waals surface area (Å²) >= 11 is 12.4. The second-order valence-electron chi connectivity index (χ2n) is 9.73. The number of amides is 1. The molecule has 1 fully saturated rings. The molecule has 1 aliphatic rings. The minimum Gasteiger partial charge on any atom is -0.444 e. The summed E-state index contributed by atoms with van der Waals surface area (Å²) in [7, 11) is 1.80. The van der Waals surface area contributed by atoms with E-state index in [1.54, 1.807) is 54.5 Å². The van der Waals surface area contributed by atoms with Crippen LogP contribution in [-0.2, 0) is 12.7 Å². The first-order chi connectivity index (χ1) is 19.0. The summed E-state index contributed by atoms with van der Waals surface area (Å²) in [6, 6.07) is 15.0. The van der Waals surface area contributed by atoms with Crippen molar-refractivity contribution >= 4 is 29.1 Å². The fraction of sp³-hybridized carbons (Fsp3) is 0.241. The molecule has 0 bridgehead atoms. The van der Waals surface area contributed by atoms with Crippen molar-refractivity contribution in [2.24, 2.45) is 0 Å². The molecule has 2 heterocycles. The van der Waals surface area contributed by atoms with Crippen molar-refractivity contribution < 1.29 is 26.8 Å². The van der Waals surface area contributed by atoms with E-state index in [1.807, 2.05) is 11.0 Å². The highest BCUT2D eigenvalue weighted by Gasteiger charge is 2.39. The van der Waals surface area contributed by atoms with Crippen LogP contribution in [-0.4, -0.2) is 46.9 Å². The maximum atomic E-state index is 14.2. The summed E-state index contributed by atoms with van der Waals surface area (Å²) < 4.78 is 58.6. The minimum absolute atomic E-state index is 0.172. The van der Waals surface area contributed by atoms with Crippen molar-refractivity contribution in [2.75, 3.05) is 20.1 Å². The van der Waals surface area contributed by atoms with Crippen molar-refractivity contribution in [3.63, 3.8) is 0 Å². The number of benzene rings is 3. The number of carbonyl (C=O) groups is 1. The monoisotopic (exact) mass is 591 g/mol. The Morgan fingerprint density at radius 1 is 1.05 bits per heavy atom. The fourth-order valence-corrected chi connectivity index (χ4v) is 5.39. The molecule has 0 radical (unpaired) electrons. The maximum absolute atomic E-state index is 14.2. The third-order valence-corrected chi connectivity index (χ3v) is 7.87. The zero-order valence-electron chi connectivity index (χ0n) is 21.1. The molecule has 40 heavy (non-hydrogen) atoms. The molecule has 5 nitrogen and oxygen atoms in total. The molecule has 1 saturated heterocycles. The largest absolute Gasteiger partial charge is 0.444 e. The number of hydrogen-bond acceptors (Lipinski definition) is 4. The van der Waals surface area contributed by atoms with E-state index in [1.165, 1.54) is 12.5 Å². The second kappa shape index (κ2) is 11.2. The molecule has 5 rings (SSSR count). The van der Waals surface area contributed by atoms with Crippen molar-refractivity contribution in [2.45, 2.75) is 24.7 Å². The van der Waals surface area contributed by atoms with Gasteiger partial charge in [-0.15, -0.1) is 0 Å². The predicted molar refractivity (Wildman–Crippen MR) is 144 cm³/mol. The molecule has 2 atom stereocenters. The standard InChI is InChI=1S/C29H23Cl2F4N3O2/c1-37(13-17-2-8-22(25(32)10-17)29(33,34)35)26-15-38(14-21(26)20-7-9-23(30)24(31)11-20)28(39)19-5-3-18(4-6-19)27-12-36-16-40-27/h2-12,16,21,26H,13-15H2,1H3/t21-,26-/m1/s1. The molecular formula is C29H23Cl2F4N3O2. The first kappa shape index (κ1) is 28.1. The van der Waals surface area contributed by atoms with Gasteiger partial charge >= 0.3 is 6.18 Å². The van der Waals surface area contributed by atoms with Crippen molar-refractivity contribution in [1.82, 2.24) is 14.8 Å². The van der Waals surface area contributed by atoms with E-state index >= 15 is 0 Å². The summed E-state index contributed by atoms with van der Waals surface area (Å²) in [5, 5.41) is 0.770. The number of hydrogen-bond donors (Lipinski definition) is 0. The molecule has 3 aromatic carbocycles. The zero-order valence-corrected chi connectivity index (χ0v) is 22.6. The average Bonchev–Trinajstić information content (AvgIpc) is 3.60. The topological polar surface area (TPSA) is 49.6 Å². The summed E-state index contributed by atoms with van der Waals surface area (Å²) in [5.41, 5.74) is 1.21. The molecule has 0 saturated carbocycles. The number of oxazole rings is 1. The highest BCUT2D eigenvalue weighted by Crippen LogP contribution is 2.36. The van der Waals surface area contributed by atoms with E-state index in [-0.39, 0.29) is 24.4 Å². The van der Waals surface area contributed by atoms with Gasteiger partial charge in [0.05, 0.1) is 21.8 Å². The van der Waals surface area contributed by atoms with Gasteiger partial charge in [-0.1, -0.05) is 47.5 Å². The second-order valence-corrected chi connectivity index (χ2v) is 10.5. The number of halogens is 6. The van der Waals surface area contributed by atoms with Gasteiger partial charge in [0.25, 0.3) is 5.91 Å². The molecule has 0 spiro atoms. The van der Waals surface area contributed by atoms with Crippen LogP contribution in [0.2, 0.25) is 10.0 Å². The molecule has 208 valence electrons. The highest BCUT2D eigenvalue weighted by atomic mass is 35.5. The van der Waals surface area contributed by atoms with Crippen LogP contribution in [0.3, 0.4) is 0 Å². The van der Waals surface area contributed by atoms with Crippen LogP contribution < -0.4 is 0 Å². The van der Waals surface area contributed by atoms with Gasteiger partial charge in [-0.3, -0.25) is 9.69 Å². The Morgan fingerprint density at radius 3 is 2.42 bits per heavy atom. The highest BCUT2D eigenvalue weighted by molar-refractivity contribution is 6.42. The molecule has 0 aliphatic carbocycles. The lowest BCUT2D eigenvalue weighted by Gasteiger charge is -2.29. The molecule has 1 aliphatic heterocycles. The Bertz CT molecular complexity index is 1510. The lowest BCUT2D eigenvalue weighted by Crippen LogP contribution is -2.38. The number of rotatable bonds is 6. The van der Waals surface area contributed by atoms with Gasteiger partial charge < -0.3 is 9.32 Å². The Morgan fingerprint density at radius 2 is 1.80 bits per heavy atom. The minimum atomic E-state index is -4.77. The molecule has 0 N–H and O–H groups in total. The summed E-state index contributed by atoms with van der Waals surface area (Å²) in [4.78, 5) is 21.1. The Balaban J connectivity index is 1.39. The normalized spacial score (nSPS) is 17.6. The van der Waals surface area contributed by atoms with Crippen LogP contribution in [0.25, 0.3) is 11.3 Å². The van der Waals surface area contributed by atoms with Crippen molar-refractivity contribution in [1.29, 1.82) is 0 Å². The van der Waals surface area contributed by atoms with E-state index < -0.39 is 17.6 Å². The molecule has 1 amide bonds. The SMILES string of the molecule is CN(Cc1ccc(C(F)(F)F)c(F)c1)[C@@H]1CN(C(=O)c2ccc(-c3cnco3)cc2)C[C@@H]1c1ccc(Cl)c(Cl)c1. The van der Waals surface area contributed by atoms with Gasteiger partial charge in [0.15, 0.2) is 12.2 Å². The number of nitrogens with zero attached hydrogens (tertiary/aromatic N) is 3. The van der Waals surface area contributed by atoms with E-state index in [0.717, 1.165) is 23.3 Å². The lowest BCUT2D eigenvalue weighted by atomic mass is 9.93. The summed E-state index contributed by atoms with van der Waals surface area (Å²) in [5.74, 6) is -1.10. The number of carbonyl (C=O) groups excluding carboxylic acids is 1. The quantitative estimate of drug-likeness (QED) is 0.217. The van der Waals surface area contributed by atoms with Crippen LogP contribution in [0.1, 0.15) is 33.0 Å². The van der Waals surface area contributed by atoms with Gasteiger partial charge in [-0.2, -0.15) is 13.2 Å². The third kappa shape index (κ3) is 5.87. The van der Waals surface area contributed by atoms with E-state index in [2.05, 4.69) is 4.98 Å². The smallest absolute Gasteiger partial charge is 0.419 e. The van der Waals surface area contributed by atoms with Crippen molar-refractivity contribution in [3.8, 4) is 11.3 Å². The molecule has 11 heteroatoms. The van der Waals surface area contributed by atoms with E-state index in [9.17, 15) is 22.4 Å². The van der Waals surface area contributed by atoms with Gasteiger partial charge in [-0.25, -0.2) is 9.37 Å². The van der Waals surface area contributed by atoms with Crippen LogP contribution in [0, 0.1) is 5.82 Å². The van der Waals surface area contributed by atoms with E-state index in [4.69, 9.17) is 27.6 Å². The summed E-state index contributed by atoms with van der Waals surface area (Å²) in [6.07, 6.45) is -1.85. The molecular weight excluding hydrogens is 569 g/mol. The van der Waals surface area contributed by atoms with Crippen LogP contribution >= 0.6 is 23.2 Å². The van der Waals surface area contributed by atoms with Crippen LogP contribution in [0.4, 0.5) is 17.6 Å². The Labute approximate surface area is 237 Å². The van der Waals surface area contributed by atoms with Gasteiger partial charge in [0.1, 0.15) is 5.82 Å². The van der Waals surface area contributed by atoms with Gasteiger partial charge in [0, 0.05) is 42.7 Å². The number of alkyl halides is 3. The number of likely N-dealkylation sites (tertiary alicyclic amines) is 1. The maximum Gasteiger partial charge on any atom is 0.419 e. The lowest BCUT2D eigenvalue weighted by molar-refractivity contribution is -0.140. The first-order valence-electron chi connectivity index (χ1n) is 12.3. The van der Waals surface area contributed by atoms with Crippen molar-refractivity contribution in [3.05, 3.63) is 111 Å². The zero-order chi connectivity index (χ0) is 28.6. The van der Waals surface area contributed by atoms with Crippen LogP contribution in [0.5, 0.6) is 0 Å². The fourth-order valence-electron chi connectivity index (χ4n) is 5.08. The van der Waals surface area contributed by atoms with Crippen LogP contribution in [0.15, 0.2) is 77.7 Å². The average molecular weight is 592 g/mol. The van der Waals surface area contributed by atoms with Gasteiger partial charge in [0.2, 0.25) is 0 Å². The van der Waals surface area contributed by atoms with Gasteiger partial charge in [-0.05, 0) is 54.6 Å². The van der Waals surface area contributed by atoms with E-state index in [0.29, 0.717) is 40.0 Å². The molecule has 0 unspecified atom stereocenters. The summed E-state index contributed by atoms with van der Waals surface area (Å²) in [6.45, 7) is 0.885. The number of aromatic nitrogens is 1. The molecule has 4 aromatic rings. The number of likely N-dealkylation sites (N-methyl/N-ethyl adjacent to an activating group) is 1. The first-order valence-corrected chi connectivity index (χ1v) is 13.1. The third-order valence-electron chi connectivity index (χ3n) is 7.13.